The lowest BCUT2D eigenvalue weighted by molar-refractivity contribution is -0.139. The second-order valence-corrected chi connectivity index (χ2v) is 6.63. The van der Waals surface area contributed by atoms with E-state index in [4.69, 9.17) is 16.3 Å². The molecule has 0 saturated carbocycles. The van der Waals surface area contributed by atoms with Gasteiger partial charge in [-0.1, -0.05) is 0 Å². The molecule has 0 spiro atoms. The van der Waals surface area contributed by atoms with Gasteiger partial charge >= 0.3 is 0 Å². The molecule has 24 heavy (non-hydrogen) atoms. The van der Waals surface area contributed by atoms with Crippen LogP contribution in [0.1, 0.15) is 26.7 Å². The molecule has 1 aromatic rings. The lowest BCUT2D eigenvalue weighted by Crippen LogP contribution is -2.50. The molecular formula is C17H23ClN2O4. The number of nitrogens with zero attached hydrogens (tertiary/aromatic N) is 1. The number of hydrogen-bond donors (Lipinski definition) is 2. The number of piperidine rings is 1. The number of rotatable bonds is 5. The van der Waals surface area contributed by atoms with Crippen molar-refractivity contribution in [2.75, 3.05) is 13.1 Å². The van der Waals surface area contributed by atoms with Crippen LogP contribution in [-0.2, 0) is 9.59 Å². The first-order valence-electron chi connectivity index (χ1n) is 8.05. The van der Waals surface area contributed by atoms with Crippen molar-refractivity contribution in [3.8, 4) is 11.5 Å². The van der Waals surface area contributed by atoms with Gasteiger partial charge in [0.05, 0.1) is 0 Å². The molecule has 0 bridgehead atoms. The van der Waals surface area contributed by atoms with Crippen LogP contribution in [0.25, 0.3) is 0 Å². The molecule has 2 N–H and O–H groups in total. The monoisotopic (exact) mass is 354 g/mol. The summed E-state index contributed by atoms with van der Waals surface area (Å²) in [5.74, 6) is 0.424. The smallest absolute Gasteiger partial charge is 0.263 e. The summed E-state index contributed by atoms with van der Waals surface area (Å²) in [6, 6.07) is 6.32. The van der Waals surface area contributed by atoms with Crippen molar-refractivity contribution >= 4 is 23.4 Å². The highest BCUT2D eigenvalue weighted by atomic mass is 35.5. The minimum atomic E-state index is -0.608. The minimum absolute atomic E-state index is 0.0519. The first-order chi connectivity index (χ1) is 11.4. The van der Waals surface area contributed by atoms with E-state index >= 15 is 0 Å². The number of aromatic hydroxyl groups is 1. The highest BCUT2D eigenvalue weighted by Crippen LogP contribution is 2.19. The number of benzene rings is 1. The van der Waals surface area contributed by atoms with Gasteiger partial charge in [0.25, 0.3) is 5.91 Å². The molecular weight excluding hydrogens is 332 g/mol. The van der Waals surface area contributed by atoms with Crippen molar-refractivity contribution in [2.45, 2.75) is 44.2 Å². The largest absolute Gasteiger partial charge is 0.508 e. The number of likely N-dealkylation sites (tertiary alicyclic amines) is 1. The van der Waals surface area contributed by atoms with Gasteiger partial charge in [-0.25, -0.2) is 0 Å². The molecule has 2 unspecified atom stereocenters. The highest BCUT2D eigenvalue weighted by Gasteiger charge is 2.28. The molecule has 2 amide bonds. The summed E-state index contributed by atoms with van der Waals surface area (Å²) >= 11 is 5.75. The number of phenols is 1. The van der Waals surface area contributed by atoms with Gasteiger partial charge in [0.2, 0.25) is 5.91 Å². The van der Waals surface area contributed by atoms with Crippen molar-refractivity contribution in [2.24, 2.45) is 0 Å². The molecule has 1 heterocycles. The van der Waals surface area contributed by atoms with Gasteiger partial charge in [-0.15, -0.1) is 11.6 Å². The lowest BCUT2D eigenvalue weighted by atomic mass is 10.0. The second-order valence-electron chi connectivity index (χ2n) is 5.98. The van der Waals surface area contributed by atoms with E-state index < -0.39 is 11.5 Å². The topological polar surface area (TPSA) is 78.9 Å². The van der Waals surface area contributed by atoms with Crippen LogP contribution in [-0.4, -0.2) is 52.4 Å². The van der Waals surface area contributed by atoms with Crippen molar-refractivity contribution in [3.63, 3.8) is 0 Å². The Morgan fingerprint density at radius 2 is 1.83 bits per heavy atom. The van der Waals surface area contributed by atoms with E-state index in [2.05, 4.69) is 5.32 Å². The third kappa shape index (κ3) is 5.03. The Kier molecular flexibility index (Phi) is 6.31. The van der Waals surface area contributed by atoms with E-state index in [1.54, 1.807) is 30.9 Å². The molecule has 1 aromatic carbocycles. The molecule has 7 heteroatoms. The third-order valence-electron chi connectivity index (χ3n) is 4.01. The van der Waals surface area contributed by atoms with E-state index in [1.165, 1.54) is 12.1 Å². The fourth-order valence-corrected chi connectivity index (χ4v) is 2.66. The summed E-state index contributed by atoms with van der Waals surface area (Å²) in [6.07, 6.45) is 0.795. The summed E-state index contributed by atoms with van der Waals surface area (Å²) in [4.78, 5) is 25.8. The first-order valence-corrected chi connectivity index (χ1v) is 8.49. The number of halogens is 1. The summed E-state index contributed by atoms with van der Waals surface area (Å²) < 4.78 is 5.62. The number of ether oxygens (including phenoxy) is 1. The zero-order valence-electron chi connectivity index (χ0n) is 13.9. The number of hydrogen-bond acceptors (Lipinski definition) is 4. The number of phenolic OH excluding ortho intramolecular Hbond substituents is 1. The van der Waals surface area contributed by atoms with Crippen LogP contribution >= 0.6 is 11.6 Å². The van der Waals surface area contributed by atoms with E-state index in [0.29, 0.717) is 31.7 Å². The van der Waals surface area contributed by atoms with E-state index in [1.807, 2.05) is 0 Å². The SMILES string of the molecule is CC(Cl)C(=O)NC1CCN(C(=O)C(C)Oc2ccc(O)cc2)CC1. The average molecular weight is 355 g/mol. The number of carbonyl (C=O) groups is 2. The van der Waals surface area contributed by atoms with Gasteiger partial charge in [0.15, 0.2) is 6.10 Å². The highest BCUT2D eigenvalue weighted by molar-refractivity contribution is 6.30. The standard InChI is InChI=1S/C17H23ClN2O4/c1-11(18)16(22)19-13-7-9-20(10-8-13)17(23)12(2)24-15-5-3-14(21)4-6-15/h3-6,11-13,21H,7-10H2,1-2H3,(H,19,22). The van der Waals surface area contributed by atoms with E-state index in [0.717, 1.165) is 0 Å². The van der Waals surface area contributed by atoms with Crippen molar-refractivity contribution < 1.29 is 19.4 Å². The van der Waals surface area contributed by atoms with Gasteiger partial charge in [0, 0.05) is 19.1 Å². The average Bonchev–Trinajstić information content (AvgIpc) is 2.56. The molecule has 0 radical (unpaired) electrons. The van der Waals surface area contributed by atoms with E-state index in [-0.39, 0.29) is 23.6 Å². The lowest BCUT2D eigenvalue weighted by Gasteiger charge is -2.34. The summed E-state index contributed by atoms with van der Waals surface area (Å²) in [5, 5.41) is 11.6. The Bertz CT molecular complexity index is 568. The number of alkyl halides is 1. The van der Waals surface area contributed by atoms with Gasteiger partial charge in [-0.2, -0.15) is 0 Å². The fourth-order valence-electron chi connectivity index (χ4n) is 2.60. The molecule has 1 fully saturated rings. The number of nitrogens with one attached hydrogen (secondary N) is 1. The second kappa shape index (κ2) is 8.24. The summed E-state index contributed by atoms with van der Waals surface area (Å²) in [7, 11) is 0. The Morgan fingerprint density at radius 1 is 1.25 bits per heavy atom. The predicted molar refractivity (Wildman–Crippen MR) is 91.3 cm³/mol. The maximum Gasteiger partial charge on any atom is 0.263 e. The van der Waals surface area contributed by atoms with Crippen LogP contribution in [0.2, 0.25) is 0 Å². The number of amides is 2. The van der Waals surface area contributed by atoms with Gasteiger partial charge < -0.3 is 20.1 Å². The molecule has 132 valence electrons. The predicted octanol–water partition coefficient (Wildman–Crippen LogP) is 1.89. The molecule has 2 atom stereocenters. The van der Waals surface area contributed by atoms with Crippen LogP contribution < -0.4 is 10.1 Å². The van der Waals surface area contributed by atoms with Gasteiger partial charge in [-0.05, 0) is 51.0 Å². The summed E-state index contributed by atoms with van der Waals surface area (Å²) in [5.41, 5.74) is 0. The maximum atomic E-state index is 12.4. The summed E-state index contributed by atoms with van der Waals surface area (Å²) in [6.45, 7) is 4.49. The zero-order chi connectivity index (χ0) is 17.7. The molecule has 1 aliphatic rings. The number of carbonyl (C=O) groups excluding carboxylic acids is 2. The van der Waals surface area contributed by atoms with Crippen molar-refractivity contribution in [3.05, 3.63) is 24.3 Å². The van der Waals surface area contributed by atoms with Crippen LogP contribution in [0.5, 0.6) is 11.5 Å². The minimum Gasteiger partial charge on any atom is -0.508 e. The Labute approximate surface area is 146 Å². The Balaban J connectivity index is 1.81. The normalized spacial score (nSPS) is 17.9. The quantitative estimate of drug-likeness (QED) is 0.791. The zero-order valence-corrected chi connectivity index (χ0v) is 14.6. The molecule has 0 aliphatic carbocycles. The molecule has 2 rings (SSSR count). The third-order valence-corrected chi connectivity index (χ3v) is 4.21. The molecule has 0 aromatic heterocycles. The van der Waals surface area contributed by atoms with Crippen LogP contribution in [0.4, 0.5) is 0 Å². The van der Waals surface area contributed by atoms with Crippen LogP contribution in [0.3, 0.4) is 0 Å². The Hall–Kier alpha value is -1.95. The van der Waals surface area contributed by atoms with E-state index in [9.17, 15) is 14.7 Å². The first kappa shape index (κ1) is 18.4. The fraction of sp³-hybridized carbons (Fsp3) is 0.529. The maximum absolute atomic E-state index is 12.4. The van der Waals surface area contributed by atoms with Crippen LogP contribution in [0.15, 0.2) is 24.3 Å². The van der Waals surface area contributed by atoms with Crippen molar-refractivity contribution in [1.29, 1.82) is 0 Å². The molecule has 1 aliphatic heterocycles. The van der Waals surface area contributed by atoms with Gasteiger partial charge in [-0.3, -0.25) is 9.59 Å². The molecule has 6 nitrogen and oxygen atoms in total. The van der Waals surface area contributed by atoms with Crippen molar-refractivity contribution in [1.82, 2.24) is 10.2 Å². The Morgan fingerprint density at radius 3 is 2.38 bits per heavy atom. The van der Waals surface area contributed by atoms with Gasteiger partial charge in [0.1, 0.15) is 16.9 Å². The molecule has 1 saturated heterocycles. The van der Waals surface area contributed by atoms with Crippen LogP contribution in [0, 0.1) is 0 Å².